The lowest BCUT2D eigenvalue weighted by atomic mass is 10.1. The van der Waals surface area contributed by atoms with Crippen molar-refractivity contribution >= 4 is 5.97 Å². The van der Waals surface area contributed by atoms with E-state index in [9.17, 15) is 4.79 Å². The SMILES string of the molecule is CCCCC/C=C\C/C=C\CCCCCCCC(=O)OCCOCC(O)CO. The number of carbonyl (C=O) groups excluding carboxylic acids is 1. The predicted molar refractivity (Wildman–Crippen MR) is 114 cm³/mol. The van der Waals surface area contributed by atoms with Crippen molar-refractivity contribution in [3.05, 3.63) is 24.3 Å². The molecule has 0 aromatic heterocycles. The number of esters is 1. The molecule has 0 bridgehead atoms. The van der Waals surface area contributed by atoms with Gasteiger partial charge in [0, 0.05) is 6.42 Å². The van der Waals surface area contributed by atoms with E-state index in [1.807, 2.05) is 0 Å². The van der Waals surface area contributed by atoms with Gasteiger partial charge in [-0.1, -0.05) is 63.3 Å². The zero-order chi connectivity index (χ0) is 20.7. The third-order valence-corrected chi connectivity index (χ3v) is 4.34. The van der Waals surface area contributed by atoms with Gasteiger partial charge in [0.2, 0.25) is 0 Å². The standard InChI is InChI=1S/C23H42O5/c1-2-3-4-5-6-7-8-9-10-11-12-13-14-15-16-17-23(26)28-19-18-27-21-22(25)20-24/h6-7,9-10,22,24-25H,2-5,8,11-21H2,1H3/b7-6-,10-9-. The molecule has 164 valence electrons. The van der Waals surface area contributed by atoms with Gasteiger partial charge in [-0.2, -0.15) is 0 Å². The highest BCUT2D eigenvalue weighted by Gasteiger charge is 2.04. The van der Waals surface area contributed by atoms with Crippen LogP contribution in [0.25, 0.3) is 0 Å². The highest BCUT2D eigenvalue weighted by Crippen LogP contribution is 2.08. The molecule has 0 fully saturated rings. The van der Waals surface area contributed by atoms with Crippen molar-refractivity contribution in [1.29, 1.82) is 0 Å². The Labute approximate surface area is 171 Å². The smallest absolute Gasteiger partial charge is 0.305 e. The summed E-state index contributed by atoms with van der Waals surface area (Å²) in [5.74, 6) is -0.197. The topological polar surface area (TPSA) is 76.0 Å². The molecular weight excluding hydrogens is 356 g/mol. The summed E-state index contributed by atoms with van der Waals surface area (Å²) in [6.45, 7) is 2.39. The minimum atomic E-state index is -0.872. The Hall–Kier alpha value is -1.17. The first kappa shape index (κ1) is 26.8. The molecule has 0 heterocycles. The second-order valence-corrected chi connectivity index (χ2v) is 7.11. The summed E-state index contributed by atoms with van der Waals surface area (Å²) in [5, 5.41) is 17.7. The molecule has 1 atom stereocenters. The monoisotopic (exact) mass is 398 g/mol. The predicted octanol–water partition coefficient (Wildman–Crippen LogP) is 4.71. The number of unbranched alkanes of at least 4 members (excludes halogenated alkanes) is 8. The van der Waals surface area contributed by atoms with E-state index in [4.69, 9.17) is 19.7 Å². The maximum atomic E-state index is 11.5. The van der Waals surface area contributed by atoms with Gasteiger partial charge < -0.3 is 19.7 Å². The quantitative estimate of drug-likeness (QED) is 0.176. The lowest BCUT2D eigenvalue weighted by Gasteiger charge is -2.08. The molecule has 0 saturated heterocycles. The molecule has 0 spiro atoms. The summed E-state index contributed by atoms with van der Waals surface area (Å²) in [6.07, 6.45) is 21.4. The van der Waals surface area contributed by atoms with E-state index in [0.717, 1.165) is 32.1 Å². The van der Waals surface area contributed by atoms with Gasteiger partial charge in [0.05, 0.1) is 19.8 Å². The zero-order valence-electron chi connectivity index (χ0n) is 17.8. The van der Waals surface area contributed by atoms with E-state index < -0.39 is 6.10 Å². The second-order valence-electron chi connectivity index (χ2n) is 7.11. The minimum Gasteiger partial charge on any atom is -0.463 e. The molecular formula is C23H42O5. The third-order valence-electron chi connectivity index (χ3n) is 4.34. The maximum Gasteiger partial charge on any atom is 0.305 e. The molecule has 0 aromatic carbocycles. The van der Waals surface area contributed by atoms with Crippen LogP contribution < -0.4 is 0 Å². The molecule has 28 heavy (non-hydrogen) atoms. The summed E-state index contributed by atoms with van der Waals surface area (Å²) in [4.78, 5) is 11.5. The van der Waals surface area contributed by atoms with Crippen LogP contribution in [0, 0.1) is 0 Å². The van der Waals surface area contributed by atoms with Gasteiger partial charge in [-0.3, -0.25) is 4.79 Å². The van der Waals surface area contributed by atoms with Gasteiger partial charge in [-0.25, -0.2) is 0 Å². The lowest BCUT2D eigenvalue weighted by molar-refractivity contribution is -0.145. The molecule has 0 aliphatic carbocycles. The molecule has 1 unspecified atom stereocenters. The fraction of sp³-hybridized carbons (Fsp3) is 0.783. The molecule has 0 aliphatic rings. The number of aliphatic hydroxyl groups is 2. The third kappa shape index (κ3) is 21.1. The summed E-state index contributed by atoms with van der Waals surface area (Å²) in [6, 6.07) is 0. The van der Waals surface area contributed by atoms with Crippen molar-refractivity contribution in [2.75, 3.05) is 26.4 Å². The largest absolute Gasteiger partial charge is 0.463 e. The number of hydrogen-bond donors (Lipinski definition) is 2. The van der Waals surface area contributed by atoms with Crippen LogP contribution in [0.4, 0.5) is 0 Å². The second kappa shape index (κ2) is 22.1. The molecule has 5 heteroatoms. The van der Waals surface area contributed by atoms with Gasteiger partial charge in [-0.05, 0) is 38.5 Å². The van der Waals surface area contributed by atoms with Crippen molar-refractivity contribution in [1.82, 2.24) is 0 Å². The average molecular weight is 399 g/mol. The molecule has 0 aromatic rings. The summed E-state index contributed by atoms with van der Waals surface area (Å²) in [7, 11) is 0. The van der Waals surface area contributed by atoms with Gasteiger partial charge in [0.1, 0.15) is 12.7 Å². The van der Waals surface area contributed by atoms with E-state index in [2.05, 4.69) is 31.2 Å². The van der Waals surface area contributed by atoms with Crippen molar-refractivity contribution in [3.8, 4) is 0 Å². The highest BCUT2D eigenvalue weighted by molar-refractivity contribution is 5.69. The highest BCUT2D eigenvalue weighted by atomic mass is 16.6. The molecule has 5 nitrogen and oxygen atoms in total. The Bertz CT molecular complexity index is 392. The summed E-state index contributed by atoms with van der Waals surface area (Å²) >= 11 is 0. The molecule has 0 radical (unpaired) electrons. The molecule has 0 amide bonds. The Balaban J connectivity index is 3.29. The zero-order valence-corrected chi connectivity index (χ0v) is 17.8. The Kier molecular flexibility index (Phi) is 21.2. The van der Waals surface area contributed by atoms with Crippen LogP contribution >= 0.6 is 0 Å². The maximum absolute atomic E-state index is 11.5. The number of allylic oxidation sites excluding steroid dienone is 4. The van der Waals surface area contributed by atoms with Crippen LogP contribution in [0.3, 0.4) is 0 Å². The Morgan fingerprint density at radius 1 is 0.893 bits per heavy atom. The fourth-order valence-electron chi connectivity index (χ4n) is 2.64. The number of rotatable bonds is 20. The van der Waals surface area contributed by atoms with E-state index in [0.29, 0.717) is 6.42 Å². The van der Waals surface area contributed by atoms with Crippen molar-refractivity contribution in [3.63, 3.8) is 0 Å². The molecule has 2 N–H and O–H groups in total. The lowest BCUT2D eigenvalue weighted by Crippen LogP contribution is -2.21. The van der Waals surface area contributed by atoms with Gasteiger partial charge in [0.25, 0.3) is 0 Å². The number of hydrogen-bond acceptors (Lipinski definition) is 5. The molecule has 0 rings (SSSR count). The number of aliphatic hydroxyl groups excluding tert-OH is 2. The Morgan fingerprint density at radius 3 is 2.21 bits per heavy atom. The molecule has 0 saturated carbocycles. The number of carbonyl (C=O) groups is 1. The van der Waals surface area contributed by atoms with E-state index in [1.54, 1.807) is 0 Å². The number of ether oxygens (including phenoxy) is 2. The summed E-state index contributed by atoms with van der Waals surface area (Å²) < 4.78 is 10.1. The summed E-state index contributed by atoms with van der Waals surface area (Å²) in [5.41, 5.74) is 0. The van der Waals surface area contributed by atoms with E-state index in [1.165, 1.54) is 38.5 Å². The van der Waals surface area contributed by atoms with Gasteiger partial charge in [-0.15, -0.1) is 0 Å². The Morgan fingerprint density at radius 2 is 1.54 bits per heavy atom. The van der Waals surface area contributed by atoms with Crippen LogP contribution in [0.1, 0.15) is 84.0 Å². The first-order chi connectivity index (χ1) is 13.7. The average Bonchev–Trinajstić information content (AvgIpc) is 2.70. The van der Waals surface area contributed by atoms with Crippen LogP contribution in [0.2, 0.25) is 0 Å². The van der Waals surface area contributed by atoms with E-state index in [-0.39, 0.29) is 32.4 Å². The van der Waals surface area contributed by atoms with Gasteiger partial charge in [0.15, 0.2) is 0 Å². The van der Waals surface area contributed by atoms with Gasteiger partial charge >= 0.3 is 5.97 Å². The van der Waals surface area contributed by atoms with Crippen molar-refractivity contribution < 1.29 is 24.5 Å². The first-order valence-corrected chi connectivity index (χ1v) is 11.0. The fourth-order valence-corrected chi connectivity index (χ4v) is 2.64. The van der Waals surface area contributed by atoms with Crippen LogP contribution in [0.15, 0.2) is 24.3 Å². The normalized spacial score (nSPS) is 12.8. The molecule has 0 aliphatic heterocycles. The van der Waals surface area contributed by atoms with Crippen LogP contribution in [0.5, 0.6) is 0 Å². The minimum absolute atomic E-state index is 0.0546. The van der Waals surface area contributed by atoms with Crippen LogP contribution in [-0.4, -0.2) is 48.7 Å². The van der Waals surface area contributed by atoms with Crippen molar-refractivity contribution in [2.45, 2.75) is 90.1 Å². The van der Waals surface area contributed by atoms with Crippen molar-refractivity contribution in [2.24, 2.45) is 0 Å². The first-order valence-electron chi connectivity index (χ1n) is 11.0. The van der Waals surface area contributed by atoms with Crippen LogP contribution in [-0.2, 0) is 14.3 Å². The van der Waals surface area contributed by atoms with E-state index >= 15 is 0 Å².